The summed E-state index contributed by atoms with van der Waals surface area (Å²) in [5, 5.41) is 5.72. The smallest absolute Gasteiger partial charge is 0.434 e. The lowest BCUT2D eigenvalue weighted by Gasteiger charge is -2.10. The number of nitrogens with one attached hydrogen (secondary N) is 2. The van der Waals surface area contributed by atoms with E-state index in [0.29, 0.717) is 23.4 Å². The molecule has 0 spiro atoms. The SMILES string of the molecule is CCOC(=O)Oc1ccc(C(=O)Nc2cccc(CNC(=O)c3ccccc3C)c2)cc1. The van der Waals surface area contributed by atoms with E-state index in [2.05, 4.69) is 10.6 Å². The van der Waals surface area contributed by atoms with Crippen LogP contribution in [-0.4, -0.2) is 24.6 Å². The van der Waals surface area contributed by atoms with E-state index in [1.165, 1.54) is 12.1 Å². The molecule has 32 heavy (non-hydrogen) atoms. The zero-order chi connectivity index (χ0) is 22.9. The lowest BCUT2D eigenvalue weighted by molar-refractivity contribution is 0.0948. The number of benzene rings is 3. The molecule has 0 saturated heterocycles. The van der Waals surface area contributed by atoms with Gasteiger partial charge in [-0.3, -0.25) is 9.59 Å². The summed E-state index contributed by atoms with van der Waals surface area (Å²) in [6, 6.07) is 20.8. The molecule has 0 bridgehead atoms. The lowest BCUT2D eigenvalue weighted by Crippen LogP contribution is -2.23. The molecule has 3 aromatic carbocycles. The Morgan fingerprint density at radius 2 is 1.62 bits per heavy atom. The first kappa shape index (κ1) is 22.6. The fraction of sp³-hybridized carbons (Fsp3) is 0.160. The van der Waals surface area contributed by atoms with Crippen molar-refractivity contribution in [2.75, 3.05) is 11.9 Å². The van der Waals surface area contributed by atoms with E-state index in [9.17, 15) is 14.4 Å². The number of aryl methyl sites for hydroxylation is 1. The topological polar surface area (TPSA) is 93.7 Å². The monoisotopic (exact) mass is 432 g/mol. The van der Waals surface area contributed by atoms with Crippen LogP contribution in [0.4, 0.5) is 10.5 Å². The Morgan fingerprint density at radius 1 is 0.875 bits per heavy atom. The van der Waals surface area contributed by atoms with Crippen LogP contribution in [0.1, 0.15) is 38.8 Å². The minimum atomic E-state index is -0.795. The second kappa shape index (κ2) is 10.8. The quantitative estimate of drug-likeness (QED) is 0.416. The maximum Gasteiger partial charge on any atom is 0.513 e. The van der Waals surface area contributed by atoms with E-state index in [-0.39, 0.29) is 24.2 Å². The summed E-state index contributed by atoms with van der Waals surface area (Å²) >= 11 is 0. The van der Waals surface area contributed by atoms with Crippen molar-refractivity contribution in [3.8, 4) is 5.75 Å². The Hall–Kier alpha value is -4.13. The Balaban J connectivity index is 1.58. The van der Waals surface area contributed by atoms with Crippen molar-refractivity contribution in [1.29, 1.82) is 0 Å². The van der Waals surface area contributed by atoms with Crippen LogP contribution in [0.25, 0.3) is 0 Å². The lowest BCUT2D eigenvalue weighted by atomic mass is 10.1. The second-order valence-corrected chi connectivity index (χ2v) is 6.96. The van der Waals surface area contributed by atoms with Crippen molar-refractivity contribution in [3.05, 3.63) is 95.1 Å². The maximum atomic E-state index is 12.5. The van der Waals surface area contributed by atoms with Crippen LogP contribution in [0.3, 0.4) is 0 Å². The van der Waals surface area contributed by atoms with Crippen LogP contribution >= 0.6 is 0 Å². The van der Waals surface area contributed by atoms with Gasteiger partial charge < -0.3 is 20.1 Å². The normalized spacial score (nSPS) is 10.2. The molecule has 3 rings (SSSR count). The van der Waals surface area contributed by atoms with Gasteiger partial charge >= 0.3 is 6.16 Å². The number of hydrogen-bond acceptors (Lipinski definition) is 5. The first-order chi connectivity index (χ1) is 15.5. The zero-order valence-electron chi connectivity index (χ0n) is 17.9. The Morgan fingerprint density at radius 3 is 2.34 bits per heavy atom. The minimum absolute atomic E-state index is 0.150. The van der Waals surface area contributed by atoms with Gasteiger partial charge in [-0.25, -0.2) is 4.79 Å². The maximum absolute atomic E-state index is 12.5. The van der Waals surface area contributed by atoms with Gasteiger partial charge in [-0.15, -0.1) is 0 Å². The number of carbonyl (C=O) groups is 3. The molecule has 7 nitrogen and oxygen atoms in total. The average Bonchev–Trinajstić information content (AvgIpc) is 2.78. The van der Waals surface area contributed by atoms with Gasteiger partial charge in [-0.1, -0.05) is 30.3 Å². The van der Waals surface area contributed by atoms with Gasteiger partial charge in [0.25, 0.3) is 11.8 Å². The molecule has 0 unspecified atom stereocenters. The van der Waals surface area contributed by atoms with Crippen LogP contribution in [0.2, 0.25) is 0 Å². The number of ether oxygens (including phenoxy) is 2. The number of amides is 2. The summed E-state index contributed by atoms with van der Waals surface area (Å²) in [7, 11) is 0. The third kappa shape index (κ3) is 6.18. The molecular formula is C25H24N2O5. The summed E-state index contributed by atoms with van der Waals surface area (Å²) in [5.41, 5.74) is 3.39. The Labute approximate surface area is 186 Å². The van der Waals surface area contributed by atoms with E-state index in [1.54, 1.807) is 43.3 Å². The first-order valence-corrected chi connectivity index (χ1v) is 10.1. The molecular weight excluding hydrogens is 408 g/mol. The molecule has 0 radical (unpaired) electrons. The largest absolute Gasteiger partial charge is 0.513 e. The van der Waals surface area contributed by atoms with Crippen LogP contribution in [0, 0.1) is 6.92 Å². The highest BCUT2D eigenvalue weighted by atomic mass is 16.7. The molecule has 0 atom stereocenters. The number of anilines is 1. The molecule has 0 saturated carbocycles. The average molecular weight is 432 g/mol. The van der Waals surface area contributed by atoms with Gasteiger partial charge in [0.2, 0.25) is 0 Å². The highest BCUT2D eigenvalue weighted by Gasteiger charge is 2.10. The Bertz CT molecular complexity index is 1110. The molecule has 7 heteroatoms. The molecule has 0 aliphatic heterocycles. The van der Waals surface area contributed by atoms with Gasteiger partial charge in [0.1, 0.15) is 5.75 Å². The van der Waals surface area contributed by atoms with Gasteiger partial charge in [0.05, 0.1) is 6.61 Å². The molecule has 2 N–H and O–H groups in total. The molecule has 0 aromatic heterocycles. The summed E-state index contributed by atoms with van der Waals surface area (Å²) in [6.45, 7) is 4.12. The van der Waals surface area contributed by atoms with Crippen molar-refractivity contribution in [2.24, 2.45) is 0 Å². The highest BCUT2D eigenvalue weighted by molar-refractivity contribution is 6.04. The Kier molecular flexibility index (Phi) is 7.59. The van der Waals surface area contributed by atoms with E-state index in [4.69, 9.17) is 9.47 Å². The molecule has 3 aromatic rings. The number of rotatable bonds is 7. The van der Waals surface area contributed by atoms with Crippen molar-refractivity contribution in [1.82, 2.24) is 5.32 Å². The third-order valence-corrected chi connectivity index (χ3v) is 4.61. The van der Waals surface area contributed by atoms with Gasteiger partial charge in [0, 0.05) is 23.4 Å². The number of carbonyl (C=O) groups excluding carboxylic acids is 3. The molecule has 2 amide bonds. The second-order valence-electron chi connectivity index (χ2n) is 6.96. The van der Waals surface area contributed by atoms with Gasteiger partial charge in [-0.05, 0) is 67.4 Å². The molecule has 164 valence electrons. The van der Waals surface area contributed by atoms with E-state index < -0.39 is 6.16 Å². The summed E-state index contributed by atoms with van der Waals surface area (Å²) in [4.78, 5) is 36.3. The predicted molar refractivity (Wildman–Crippen MR) is 121 cm³/mol. The number of hydrogen-bond donors (Lipinski definition) is 2. The van der Waals surface area contributed by atoms with Crippen LogP contribution in [0.5, 0.6) is 5.75 Å². The van der Waals surface area contributed by atoms with Crippen molar-refractivity contribution >= 4 is 23.7 Å². The molecule has 0 aliphatic rings. The molecule has 0 aliphatic carbocycles. The minimum Gasteiger partial charge on any atom is -0.434 e. The fourth-order valence-corrected chi connectivity index (χ4v) is 2.99. The van der Waals surface area contributed by atoms with Crippen molar-refractivity contribution in [3.63, 3.8) is 0 Å². The van der Waals surface area contributed by atoms with Gasteiger partial charge in [0.15, 0.2) is 0 Å². The molecule has 0 heterocycles. The third-order valence-electron chi connectivity index (χ3n) is 4.61. The van der Waals surface area contributed by atoms with Crippen molar-refractivity contribution < 1.29 is 23.9 Å². The van der Waals surface area contributed by atoms with E-state index in [1.807, 2.05) is 31.2 Å². The summed E-state index contributed by atoms with van der Waals surface area (Å²) in [6.07, 6.45) is -0.795. The standard InChI is InChI=1S/C25H24N2O5/c1-3-31-25(30)32-21-13-11-19(12-14-21)23(28)27-20-9-6-8-18(15-20)16-26-24(29)22-10-5-4-7-17(22)2/h4-15H,3,16H2,1-2H3,(H,26,29)(H,27,28). The van der Waals surface area contributed by atoms with E-state index in [0.717, 1.165) is 11.1 Å². The zero-order valence-corrected chi connectivity index (χ0v) is 17.9. The van der Waals surface area contributed by atoms with E-state index >= 15 is 0 Å². The van der Waals surface area contributed by atoms with Crippen LogP contribution in [-0.2, 0) is 11.3 Å². The summed E-state index contributed by atoms with van der Waals surface area (Å²) in [5.74, 6) is -0.178. The predicted octanol–water partition coefficient (Wildman–Crippen LogP) is 4.71. The van der Waals surface area contributed by atoms with Gasteiger partial charge in [-0.2, -0.15) is 0 Å². The fourth-order valence-electron chi connectivity index (χ4n) is 2.99. The summed E-state index contributed by atoms with van der Waals surface area (Å²) < 4.78 is 9.69. The van der Waals surface area contributed by atoms with Crippen LogP contribution < -0.4 is 15.4 Å². The van der Waals surface area contributed by atoms with Crippen LogP contribution in [0.15, 0.2) is 72.8 Å². The molecule has 0 fully saturated rings. The first-order valence-electron chi connectivity index (χ1n) is 10.1. The van der Waals surface area contributed by atoms with Crippen molar-refractivity contribution in [2.45, 2.75) is 20.4 Å². The highest BCUT2D eigenvalue weighted by Crippen LogP contribution is 2.16.